The summed E-state index contributed by atoms with van der Waals surface area (Å²) in [5, 5.41) is 2.86. The van der Waals surface area contributed by atoms with Gasteiger partial charge >= 0.3 is 0 Å². The lowest BCUT2D eigenvalue weighted by atomic mass is 10.1. The smallest absolute Gasteiger partial charge is 0.269 e. The molecule has 0 saturated heterocycles. The minimum atomic E-state index is -4.14. The van der Waals surface area contributed by atoms with Crippen LogP contribution in [0.3, 0.4) is 0 Å². The van der Waals surface area contributed by atoms with Gasteiger partial charge in [-0.25, -0.2) is 12.7 Å². The molecule has 0 saturated carbocycles. The molecule has 2 atom stereocenters. The van der Waals surface area contributed by atoms with Crippen LogP contribution in [0.15, 0.2) is 53.4 Å². The topological polar surface area (TPSA) is 104 Å². The van der Waals surface area contributed by atoms with E-state index in [1.807, 2.05) is 45.0 Å². The summed E-state index contributed by atoms with van der Waals surface area (Å²) in [5.41, 5.74) is 1.87. The molecule has 0 aliphatic carbocycles. The summed E-state index contributed by atoms with van der Waals surface area (Å²) in [6, 6.07) is 12.4. The third-order valence-corrected chi connectivity index (χ3v) is 7.62. The molecule has 3 amide bonds. The summed E-state index contributed by atoms with van der Waals surface area (Å²) >= 11 is 0. The van der Waals surface area contributed by atoms with Crippen molar-refractivity contribution in [3.63, 3.8) is 0 Å². The number of nitrogens with one attached hydrogen (secondary N) is 1. The van der Waals surface area contributed by atoms with Crippen molar-refractivity contribution in [2.45, 2.75) is 57.6 Å². The Kier molecular flexibility index (Phi) is 7.22. The van der Waals surface area contributed by atoms with Gasteiger partial charge in [-0.1, -0.05) is 48.9 Å². The molecule has 9 heteroatoms. The van der Waals surface area contributed by atoms with Crippen LogP contribution in [0, 0.1) is 6.92 Å². The van der Waals surface area contributed by atoms with E-state index in [4.69, 9.17) is 0 Å². The highest BCUT2D eigenvalue weighted by atomic mass is 32.2. The molecular formula is C24H29N3O5S. The van der Waals surface area contributed by atoms with Gasteiger partial charge in [-0.3, -0.25) is 14.4 Å². The van der Waals surface area contributed by atoms with Gasteiger partial charge < -0.3 is 10.2 Å². The first kappa shape index (κ1) is 24.4. The Morgan fingerprint density at radius 1 is 1.06 bits per heavy atom. The summed E-state index contributed by atoms with van der Waals surface area (Å²) in [6.07, 6.45) is 0.725. The number of benzene rings is 2. The molecule has 1 N–H and O–H groups in total. The molecule has 0 unspecified atom stereocenters. The number of sulfonamides is 1. The van der Waals surface area contributed by atoms with E-state index in [1.165, 1.54) is 23.1 Å². The maximum absolute atomic E-state index is 13.3. The van der Waals surface area contributed by atoms with Gasteiger partial charge in [0.25, 0.3) is 15.9 Å². The zero-order valence-electron chi connectivity index (χ0n) is 19.2. The van der Waals surface area contributed by atoms with Crippen molar-refractivity contribution >= 4 is 27.7 Å². The van der Waals surface area contributed by atoms with Crippen molar-refractivity contribution in [3.05, 3.63) is 65.2 Å². The zero-order valence-corrected chi connectivity index (χ0v) is 20.1. The lowest BCUT2D eigenvalue weighted by molar-refractivity contribution is -0.140. The van der Waals surface area contributed by atoms with Gasteiger partial charge in [0.15, 0.2) is 0 Å². The Morgan fingerprint density at radius 2 is 1.70 bits per heavy atom. The fourth-order valence-corrected chi connectivity index (χ4v) is 5.06. The minimum absolute atomic E-state index is 0.0398. The highest BCUT2D eigenvalue weighted by molar-refractivity contribution is 7.90. The van der Waals surface area contributed by atoms with Gasteiger partial charge in [0.05, 0.1) is 5.56 Å². The Bertz CT molecular complexity index is 1160. The number of fused-ring (bicyclic) bond motifs is 1. The first-order chi connectivity index (χ1) is 15.6. The predicted molar refractivity (Wildman–Crippen MR) is 124 cm³/mol. The third-order valence-electron chi connectivity index (χ3n) is 5.83. The second-order valence-electron chi connectivity index (χ2n) is 8.31. The SMILES string of the molecule is CC[C@H](C)NC(=O)[C@@H](C)N(Cc1ccc(C)cc1)C(=O)CN1C(=O)c2ccccc2S1(=O)=O. The molecular weight excluding hydrogens is 442 g/mol. The van der Waals surface area contributed by atoms with Gasteiger partial charge in [-0.2, -0.15) is 0 Å². The van der Waals surface area contributed by atoms with E-state index < -0.39 is 34.4 Å². The zero-order chi connectivity index (χ0) is 24.3. The maximum atomic E-state index is 13.3. The van der Waals surface area contributed by atoms with Crippen molar-refractivity contribution in [2.75, 3.05) is 6.54 Å². The Labute approximate surface area is 194 Å². The molecule has 1 aliphatic rings. The van der Waals surface area contributed by atoms with Crippen LogP contribution in [0.1, 0.15) is 48.7 Å². The summed E-state index contributed by atoms with van der Waals surface area (Å²) in [7, 11) is -4.14. The van der Waals surface area contributed by atoms with Crippen molar-refractivity contribution in [3.8, 4) is 0 Å². The number of carbonyl (C=O) groups is 3. The van der Waals surface area contributed by atoms with Crippen LogP contribution < -0.4 is 5.32 Å². The molecule has 3 rings (SSSR count). The highest BCUT2D eigenvalue weighted by Gasteiger charge is 2.43. The molecule has 0 bridgehead atoms. The van der Waals surface area contributed by atoms with Crippen LogP contribution in [0.4, 0.5) is 0 Å². The monoisotopic (exact) mass is 471 g/mol. The first-order valence-corrected chi connectivity index (χ1v) is 12.3. The highest BCUT2D eigenvalue weighted by Crippen LogP contribution is 2.30. The number of nitrogens with zero attached hydrogens (tertiary/aromatic N) is 2. The number of rotatable bonds is 8. The fourth-order valence-electron chi connectivity index (χ4n) is 3.54. The molecule has 2 aromatic carbocycles. The standard InChI is InChI=1S/C24H29N3O5S/c1-5-17(3)25-23(29)18(4)26(14-19-12-10-16(2)11-13-19)22(28)15-27-24(30)20-8-6-7-9-21(20)33(27,31)32/h6-13,17-18H,5,14-15H2,1-4H3,(H,25,29)/t17-,18+/m0/s1. The predicted octanol–water partition coefficient (Wildman–Crippen LogP) is 2.47. The van der Waals surface area contributed by atoms with Crippen LogP contribution in [-0.2, 0) is 26.2 Å². The number of hydrogen-bond acceptors (Lipinski definition) is 5. The van der Waals surface area contributed by atoms with E-state index in [9.17, 15) is 22.8 Å². The summed E-state index contributed by atoms with van der Waals surface area (Å²) in [5.74, 6) is -1.72. The fraction of sp³-hybridized carbons (Fsp3) is 0.375. The molecule has 2 aromatic rings. The number of carbonyl (C=O) groups excluding carboxylic acids is 3. The lowest BCUT2D eigenvalue weighted by Crippen LogP contribution is -2.52. The van der Waals surface area contributed by atoms with Crippen LogP contribution in [0.2, 0.25) is 0 Å². The molecule has 0 aromatic heterocycles. The van der Waals surface area contributed by atoms with Crippen LogP contribution in [0.5, 0.6) is 0 Å². The molecule has 1 aliphatic heterocycles. The summed E-state index contributed by atoms with van der Waals surface area (Å²) in [4.78, 5) is 40.1. The lowest BCUT2D eigenvalue weighted by Gasteiger charge is -2.30. The Balaban J connectivity index is 1.88. The normalized spacial score (nSPS) is 16.1. The summed E-state index contributed by atoms with van der Waals surface area (Å²) < 4.78 is 26.4. The summed E-state index contributed by atoms with van der Waals surface area (Å²) in [6.45, 7) is 6.76. The van der Waals surface area contributed by atoms with Crippen molar-refractivity contribution in [1.82, 2.24) is 14.5 Å². The molecule has 1 heterocycles. The number of aryl methyl sites for hydroxylation is 1. The van der Waals surface area contributed by atoms with Gasteiger partial charge in [0, 0.05) is 12.6 Å². The van der Waals surface area contributed by atoms with Gasteiger partial charge in [0.1, 0.15) is 17.5 Å². The largest absolute Gasteiger partial charge is 0.352 e. The minimum Gasteiger partial charge on any atom is -0.352 e. The molecule has 33 heavy (non-hydrogen) atoms. The number of hydrogen-bond donors (Lipinski definition) is 1. The van der Waals surface area contributed by atoms with E-state index in [0.29, 0.717) is 4.31 Å². The maximum Gasteiger partial charge on any atom is 0.269 e. The van der Waals surface area contributed by atoms with Gasteiger partial charge in [-0.15, -0.1) is 0 Å². The van der Waals surface area contributed by atoms with E-state index >= 15 is 0 Å². The first-order valence-electron chi connectivity index (χ1n) is 10.9. The van der Waals surface area contributed by atoms with Crippen molar-refractivity contribution < 1.29 is 22.8 Å². The second kappa shape index (κ2) is 9.74. The molecule has 176 valence electrons. The van der Waals surface area contributed by atoms with E-state index in [0.717, 1.165) is 17.5 Å². The Morgan fingerprint density at radius 3 is 2.30 bits per heavy atom. The van der Waals surface area contributed by atoms with Crippen LogP contribution in [-0.4, -0.2) is 54.0 Å². The van der Waals surface area contributed by atoms with E-state index in [-0.39, 0.29) is 29.0 Å². The van der Waals surface area contributed by atoms with Crippen LogP contribution in [0.25, 0.3) is 0 Å². The van der Waals surface area contributed by atoms with E-state index in [1.54, 1.807) is 13.0 Å². The number of amides is 3. The van der Waals surface area contributed by atoms with Crippen molar-refractivity contribution in [1.29, 1.82) is 0 Å². The average Bonchev–Trinajstić information content (AvgIpc) is 2.98. The van der Waals surface area contributed by atoms with E-state index in [2.05, 4.69) is 5.32 Å². The molecule has 0 radical (unpaired) electrons. The second-order valence-corrected chi connectivity index (χ2v) is 10.1. The quantitative estimate of drug-likeness (QED) is 0.637. The molecule has 0 fully saturated rings. The van der Waals surface area contributed by atoms with Crippen LogP contribution >= 0.6 is 0 Å². The van der Waals surface area contributed by atoms with Gasteiger partial charge in [0.2, 0.25) is 11.8 Å². The van der Waals surface area contributed by atoms with Crippen molar-refractivity contribution in [2.24, 2.45) is 0 Å². The molecule has 8 nitrogen and oxygen atoms in total. The molecule has 0 spiro atoms. The van der Waals surface area contributed by atoms with Gasteiger partial charge in [-0.05, 0) is 44.9 Å². The third kappa shape index (κ3) is 5.08. The average molecular weight is 472 g/mol. The Hall–Kier alpha value is -3.20.